The smallest absolute Gasteiger partial charge is 0.141 e. The summed E-state index contributed by atoms with van der Waals surface area (Å²) >= 11 is 5.68. The van der Waals surface area contributed by atoms with Gasteiger partial charge < -0.3 is 5.73 Å². The quantitative estimate of drug-likeness (QED) is 0.918. The van der Waals surface area contributed by atoms with Gasteiger partial charge in [-0.25, -0.2) is 4.39 Å². The summed E-state index contributed by atoms with van der Waals surface area (Å²) in [4.78, 5) is 12.0. The first-order chi connectivity index (χ1) is 9.60. The van der Waals surface area contributed by atoms with E-state index in [0.29, 0.717) is 17.1 Å². The number of benzene rings is 2. The topological polar surface area (TPSA) is 43.1 Å². The lowest BCUT2D eigenvalue weighted by Crippen LogP contribution is -2.11. The predicted molar refractivity (Wildman–Crippen MR) is 78.2 cm³/mol. The van der Waals surface area contributed by atoms with Crippen LogP contribution in [0.25, 0.3) is 0 Å². The molecule has 0 unspecified atom stereocenters. The maximum absolute atomic E-state index is 13.6. The van der Waals surface area contributed by atoms with Crippen molar-refractivity contribution in [1.82, 2.24) is 0 Å². The summed E-state index contributed by atoms with van der Waals surface area (Å²) in [6, 6.07) is 11.9. The van der Waals surface area contributed by atoms with Crippen molar-refractivity contribution in [2.24, 2.45) is 5.73 Å². The molecule has 0 spiro atoms. The second-order valence-electron chi connectivity index (χ2n) is 4.60. The first-order valence-electron chi connectivity index (χ1n) is 6.32. The highest BCUT2D eigenvalue weighted by Gasteiger charge is 2.11. The fourth-order valence-electron chi connectivity index (χ4n) is 2.08. The van der Waals surface area contributed by atoms with Crippen LogP contribution in [0.15, 0.2) is 42.5 Å². The predicted octanol–water partition coefficient (Wildman–Crippen LogP) is 3.29. The van der Waals surface area contributed by atoms with Gasteiger partial charge in [0.1, 0.15) is 11.6 Å². The van der Waals surface area contributed by atoms with E-state index in [1.54, 1.807) is 12.1 Å². The zero-order chi connectivity index (χ0) is 14.5. The molecular weight excluding hydrogens is 277 g/mol. The van der Waals surface area contributed by atoms with Gasteiger partial charge in [0.2, 0.25) is 0 Å². The number of carbonyl (C=O) groups is 1. The summed E-state index contributed by atoms with van der Waals surface area (Å²) in [5.74, 6) is -0.495. The first-order valence-corrected chi connectivity index (χ1v) is 6.70. The van der Waals surface area contributed by atoms with E-state index in [1.165, 1.54) is 6.07 Å². The Hall–Kier alpha value is -1.71. The monoisotopic (exact) mass is 291 g/mol. The molecule has 0 aliphatic carbocycles. The van der Waals surface area contributed by atoms with Crippen molar-refractivity contribution in [1.29, 1.82) is 0 Å². The van der Waals surface area contributed by atoms with Crippen molar-refractivity contribution in [2.75, 3.05) is 0 Å². The number of nitrogens with two attached hydrogens (primary N) is 1. The van der Waals surface area contributed by atoms with Crippen LogP contribution in [0.2, 0.25) is 5.02 Å². The van der Waals surface area contributed by atoms with E-state index in [9.17, 15) is 9.18 Å². The van der Waals surface area contributed by atoms with Crippen LogP contribution in [-0.4, -0.2) is 5.78 Å². The van der Waals surface area contributed by atoms with Crippen LogP contribution in [0.1, 0.15) is 16.7 Å². The molecule has 0 saturated carbocycles. The Balaban J connectivity index is 2.09. The molecule has 0 bridgehead atoms. The molecule has 104 valence electrons. The summed E-state index contributed by atoms with van der Waals surface area (Å²) in [5, 5.41) is 0.326. The summed E-state index contributed by atoms with van der Waals surface area (Å²) in [5.41, 5.74) is 7.84. The lowest BCUT2D eigenvalue weighted by atomic mass is 9.99. The highest BCUT2D eigenvalue weighted by Crippen LogP contribution is 2.16. The molecular formula is C16H15ClFNO. The van der Waals surface area contributed by atoms with Crippen LogP contribution in [0.4, 0.5) is 4.39 Å². The molecule has 2 aromatic rings. The molecule has 2 aromatic carbocycles. The number of ketones is 1. The van der Waals surface area contributed by atoms with Gasteiger partial charge in [-0.05, 0) is 28.8 Å². The maximum Gasteiger partial charge on any atom is 0.141 e. The Labute approximate surface area is 122 Å². The number of rotatable bonds is 5. The number of halogens is 2. The van der Waals surface area contributed by atoms with Gasteiger partial charge in [-0.2, -0.15) is 0 Å². The highest BCUT2D eigenvalue weighted by molar-refractivity contribution is 6.30. The molecule has 0 atom stereocenters. The molecule has 4 heteroatoms. The van der Waals surface area contributed by atoms with Gasteiger partial charge in [0, 0.05) is 24.4 Å². The molecule has 0 radical (unpaired) electrons. The second kappa shape index (κ2) is 6.64. The Kier molecular flexibility index (Phi) is 4.88. The molecule has 0 aliphatic rings. The van der Waals surface area contributed by atoms with Gasteiger partial charge in [0.05, 0.1) is 0 Å². The Morgan fingerprint density at radius 3 is 2.35 bits per heavy atom. The number of Topliss-reactive ketones (excluding diaryl/α,β-unsaturated/α-hetero) is 1. The highest BCUT2D eigenvalue weighted by atomic mass is 35.5. The Bertz CT molecular complexity index is 628. The molecule has 0 amide bonds. The van der Waals surface area contributed by atoms with Crippen molar-refractivity contribution in [2.45, 2.75) is 19.4 Å². The van der Waals surface area contributed by atoms with E-state index >= 15 is 0 Å². The molecule has 0 aromatic heterocycles. The van der Waals surface area contributed by atoms with E-state index in [2.05, 4.69) is 0 Å². The summed E-state index contributed by atoms with van der Waals surface area (Å²) < 4.78 is 13.6. The van der Waals surface area contributed by atoms with Crippen molar-refractivity contribution < 1.29 is 9.18 Å². The Morgan fingerprint density at radius 2 is 1.70 bits per heavy atom. The van der Waals surface area contributed by atoms with Crippen LogP contribution in [-0.2, 0) is 24.2 Å². The minimum atomic E-state index is -0.446. The fourth-order valence-corrected chi connectivity index (χ4v) is 2.24. The number of carbonyl (C=O) groups excluding carboxylic acids is 1. The lowest BCUT2D eigenvalue weighted by Gasteiger charge is -2.07. The van der Waals surface area contributed by atoms with Gasteiger partial charge in [-0.3, -0.25) is 4.79 Å². The van der Waals surface area contributed by atoms with Crippen LogP contribution >= 0.6 is 11.6 Å². The minimum Gasteiger partial charge on any atom is -0.326 e. The molecule has 2 rings (SSSR count). The zero-order valence-electron chi connectivity index (χ0n) is 10.9. The van der Waals surface area contributed by atoms with E-state index in [-0.39, 0.29) is 18.6 Å². The largest absolute Gasteiger partial charge is 0.326 e. The van der Waals surface area contributed by atoms with Crippen LogP contribution in [0.3, 0.4) is 0 Å². The SMILES string of the molecule is NCc1ccccc1CC(=O)Cc1ccc(Cl)cc1F. The normalized spacial score (nSPS) is 10.6. The molecule has 2 N–H and O–H groups in total. The third-order valence-corrected chi connectivity index (χ3v) is 3.36. The van der Waals surface area contributed by atoms with Crippen molar-refractivity contribution in [3.8, 4) is 0 Å². The van der Waals surface area contributed by atoms with E-state index in [4.69, 9.17) is 17.3 Å². The van der Waals surface area contributed by atoms with Gasteiger partial charge >= 0.3 is 0 Å². The maximum atomic E-state index is 13.6. The average molecular weight is 292 g/mol. The Morgan fingerprint density at radius 1 is 1.05 bits per heavy atom. The van der Waals surface area contributed by atoms with Crippen molar-refractivity contribution >= 4 is 17.4 Å². The third-order valence-electron chi connectivity index (χ3n) is 3.13. The zero-order valence-corrected chi connectivity index (χ0v) is 11.7. The lowest BCUT2D eigenvalue weighted by molar-refractivity contribution is -0.117. The van der Waals surface area contributed by atoms with Crippen molar-refractivity contribution in [3.05, 3.63) is 70.0 Å². The second-order valence-corrected chi connectivity index (χ2v) is 5.04. The molecule has 0 aliphatic heterocycles. The third kappa shape index (κ3) is 3.65. The van der Waals surface area contributed by atoms with Crippen LogP contribution in [0.5, 0.6) is 0 Å². The summed E-state index contributed by atoms with van der Waals surface area (Å²) in [6.45, 7) is 0.388. The van der Waals surface area contributed by atoms with Gasteiger partial charge in [-0.15, -0.1) is 0 Å². The van der Waals surface area contributed by atoms with Crippen molar-refractivity contribution in [3.63, 3.8) is 0 Å². The molecule has 20 heavy (non-hydrogen) atoms. The van der Waals surface area contributed by atoms with Gasteiger partial charge in [0.15, 0.2) is 0 Å². The van der Waals surface area contributed by atoms with E-state index in [1.807, 2.05) is 24.3 Å². The standard InChI is InChI=1S/C16H15ClFNO/c17-14-6-5-12(16(18)9-14)8-15(20)7-11-3-1-2-4-13(11)10-19/h1-6,9H,7-8,10,19H2. The number of hydrogen-bond acceptors (Lipinski definition) is 2. The first kappa shape index (κ1) is 14.7. The van der Waals surface area contributed by atoms with Gasteiger partial charge in [0.25, 0.3) is 0 Å². The molecule has 0 fully saturated rings. The number of hydrogen-bond donors (Lipinski definition) is 1. The molecule has 0 saturated heterocycles. The van der Waals surface area contributed by atoms with E-state index in [0.717, 1.165) is 11.1 Å². The summed E-state index contributed by atoms with van der Waals surface area (Å²) in [7, 11) is 0. The van der Waals surface area contributed by atoms with Crippen LogP contribution in [0, 0.1) is 5.82 Å². The minimum absolute atomic E-state index is 0.0490. The molecule has 0 heterocycles. The average Bonchev–Trinajstić information content (AvgIpc) is 2.42. The summed E-state index contributed by atoms with van der Waals surface area (Å²) in [6.07, 6.45) is 0.317. The fraction of sp³-hybridized carbons (Fsp3) is 0.188. The van der Waals surface area contributed by atoms with Gasteiger partial charge in [-0.1, -0.05) is 41.9 Å². The molecule has 2 nitrogen and oxygen atoms in total. The van der Waals surface area contributed by atoms with Crippen LogP contribution < -0.4 is 5.73 Å². The van der Waals surface area contributed by atoms with E-state index < -0.39 is 5.82 Å².